The minimum atomic E-state index is -0.518. The lowest BCUT2D eigenvalue weighted by atomic mass is 10.1. The Morgan fingerprint density at radius 2 is 1.87 bits per heavy atom. The van der Waals surface area contributed by atoms with Crippen LogP contribution in [0.3, 0.4) is 0 Å². The fraction of sp³-hybridized carbons (Fsp3) is 0.292. The maximum atomic E-state index is 12.6. The average Bonchev–Trinajstić information content (AvgIpc) is 2.78. The van der Waals surface area contributed by atoms with E-state index < -0.39 is 6.61 Å². The molecule has 0 radical (unpaired) electrons. The second kappa shape index (κ2) is 10.7. The first-order valence-electron chi connectivity index (χ1n) is 10.0. The van der Waals surface area contributed by atoms with E-state index in [1.807, 2.05) is 24.3 Å². The third kappa shape index (κ3) is 6.56. The lowest BCUT2D eigenvalue weighted by molar-refractivity contribution is -0.117. The monoisotopic (exact) mass is 405 g/mol. The molecule has 0 amide bonds. The van der Waals surface area contributed by atoms with Crippen molar-refractivity contribution >= 4 is 23.7 Å². The number of pyridine rings is 1. The summed E-state index contributed by atoms with van der Waals surface area (Å²) in [4.78, 5) is 32.6. The predicted octanol–water partition coefficient (Wildman–Crippen LogP) is 2.30. The van der Waals surface area contributed by atoms with Gasteiger partial charge in [0.2, 0.25) is 0 Å². The van der Waals surface area contributed by atoms with Gasteiger partial charge in [-0.3, -0.25) is 19.5 Å². The number of ketones is 2. The largest absolute Gasteiger partial charge is 0.388 e. The highest BCUT2D eigenvalue weighted by molar-refractivity contribution is 6.06. The summed E-state index contributed by atoms with van der Waals surface area (Å²) < 4.78 is 0. The summed E-state index contributed by atoms with van der Waals surface area (Å²) in [7, 11) is 2.14. The van der Waals surface area contributed by atoms with Gasteiger partial charge in [-0.05, 0) is 54.6 Å². The molecule has 2 aromatic rings. The number of aromatic nitrogens is 1. The number of aliphatic hydroxyl groups is 1. The van der Waals surface area contributed by atoms with E-state index in [2.05, 4.69) is 27.9 Å². The van der Waals surface area contributed by atoms with E-state index >= 15 is 0 Å². The first kappa shape index (κ1) is 21.8. The third-order valence-corrected chi connectivity index (χ3v) is 5.05. The van der Waals surface area contributed by atoms with Crippen LogP contribution in [0.4, 0.5) is 0 Å². The number of piperazine rings is 1. The Bertz CT molecular complexity index is 927. The van der Waals surface area contributed by atoms with Gasteiger partial charge >= 0.3 is 0 Å². The van der Waals surface area contributed by atoms with Crippen molar-refractivity contribution in [2.75, 3.05) is 39.8 Å². The summed E-state index contributed by atoms with van der Waals surface area (Å²) >= 11 is 0. The second-order valence-electron chi connectivity index (χ2n) is 7.45. The first-order chi connectivity index (χ1) is 14.5. The molecule has 0 atom stereocenters. The van der Waals surface area contributed by atoms with Crippen LogP contribution in [0, 0.1) is 0 Å². The van der Waals surface area contributed by atoms with Gasteiger partial charge in [-0.25, -0.2) is 0 Å². The molecule has 0 saturated carbocycles. The molecule has 0 bridgehead atoms. The summed E-state index contributed by atoms with van der Waals surface area (Å²) in [6, 6.07) is 11.4. The SMILES string of the molecule is CN1CCN(Cc2cccc(C(=O)/C=C/c3ccc(/C=C/C(=O)CO)nc3)c2)CC1. The van der Waals surface area contributed by atoms with Gasteiger partial charge in [0.15, 0.2) is 11.6 Å². The molecule has 1 aliphatic heterocycles. The summed E-state index contributed by atoms with van der Waals surface area (Å²) in [5.74, 6) is -0.422. The average molecular weight is 405 g/mol. The molecule has 1 aromatic carbocycles. The zero-order valence-electron chi connectivity index (χ0n) is 17.2. The van der Waals surface area contributed by atoms with Crippen molar-refractivity contribution in [2.45, 2.75) is 6.54 Å². The Hall–Kier alpha value is -2.93. The molecule has 0 aliphatic carbocycles. The standard InChI is InChI=1S/C24H27N3O3/c1-26-11-13-27(14-12-26)17-20-3-2-4-21(15-20)24(30)10-6-19-5-7-22(25-16-19)8-9-23(29)18-28/h2-10,15-16,28H,11-14,17-18H2,1H3/b9-8+,10-6+. The molecule has 0 spiro atoms. The zero-order valence-corrected chi connectivity index (χ0v) is 17.2. The number of hydrogen-bond acceptors (Lipinski definition) is 6. The van der Waals surface area contributed by atoms with E-state index in [0.717, 1.165) is 43.9 Å². The smallest absolute Gasteiger partial charge is 0.185 e. The molecule has 1 saturated heterocycles. The molecule has 2 heterocycles. The fourth-order valence-corrected chi connectivity index (χ4v) is 3.20. The van der Waals surface area contributed by atoms with Crippen molar-refractivity contribution in [3.05, 3.63) is 77.1 Å². The zero-order chi connectivity index (χ0) is 21.3. The van der Waals surface area contributed by atoms with Crippen molar-refractivity contribution in [3.8, 4) is 0 Å². The second-order valence-corrected chi connectivity index (χ2v) is 7.45. The van der Waals surface area contributed by atoms with Gasteiger partial charge in [0, 0.05) is 44.5 Å². The molecule has 1 aromatic heterocycles. The normalized spacial score (nSPS) is 15.8. The molecular weight excluding hydrogens is 378 g/mol. The molecule has 3 rings (SSSR count). The number of carbonyl (C=O) groups is 2. The van der Waals surface area contributed by atoms with Crippen LogP contribution in [0.5, 0.6) is 0 Å². The molecule has 6 heteroatoms. The number of aliphatic hydroxyl groups excluding tert-OH is 1. The quantitative estimate of drug-likeness (QED) is 0.537. The van der Waals surface area contributed by atoms with E-state index in [4.69, 9.17) is 5.11 Å². The van der Waals surface area contributed by atoms with Crippen LogP contribution in [0.25, 0.3) is 12.2 Å². The number of nitrogens with zero attached hydrogens (tertiary/aromatic N) is 3. The van der Waals surface area contributed by atoms with Crippen molar-refractivity contribution in [3.63, 3.8) is 0 Å². The maximum absolute atomic E-state index is 12.6. The van der Waals surface area contributed by atoms with Crippen LogP contribution < -0.4 is 0 Å². The highest BCUT2D eigenvalue weighted by atomic mass is 16.3. The number of rotatable bonds is 8. The van der Waals surface area contributed by atoms with Gasteiger partial charge in [0.25, 0.3) is 0 Å². The van der Waals surface area contributed by atoms with E-state index in [-0.39, 0.29) is 11.6 Å². The van der Waals surface area contributed by atoms with Gasteiger partial charge in [0.05, 0.1) is 5.69 Å². The number of hydrogen-bond donors (Lipinski definition) is 1. The van der Waals surface area contributed by atoms with E-state index in [0.29, 0.717) is 11.3 Å². The van der Waals surface area contributed by atoms with Gasteiger partial charge < -0.3 is 10.0 Å². The van der Waals surface area contributed by atoms with E-state index in [1.54, 1.807) is 30.5 Å². The first-order valence-corrected chi connectivity index (χ1v) is 10.0. The van der Waals surface area contributed by atoms with Gasteiger partial charge in [-0.2, -0.15) is 0 Å². The number of benzene rings is 1. The maximum Gasteiger partial charge on any atom is 0.185 e. The molecular formula is C24H27N3O3. The summed E-state index contributed by atoms with van der Waals surface area (Å²) in [5, 5.41) is 8.72. The van der Waals surface area contributed by atoms with E-state index in [1.165, 1.54) is 6.08 Å². The lowest BCUT2D eigenvalue weighted by Gasteiger charge is -2.32. The van der Waals surface area contributed by atoms with Crippen molar-refractivity contribution in [2.24, 2.45) is 0 Å². The Kier molecular flexibility index (Phi) is 7.79. The molecule has 1 aliphatic rings. The number of carbonyl (C=O) groups excluding carboxylic acids is 2. The Labute approximate surface area is 177 Å². The van der Waals surface area contributed by atoms with Crippen LogP contribution in [0.1, 0.15) is 27.2 Å². The van der Waals surface area contributed by atoms with Crippen LogP contribution in [0.15, 0.2) is 54.7 Å². The van der Waals surface area contributed by atoms with Crippen molar-refractivity contribution in [1.29, 1.82) is 0 Å². The number of allylic oxidation sites excluding steroid dienone is 1. The van der Waals surface area contributed by atoms with Crippen LogP contribution in [-0.4, -0.2) is 71.3 Å². The van der Waals surface area contributed by atoms with Gasteiger partial charge in [-0.15, -0.1) is 0 Å². The minimum Gasteiger partial charge on any atom is -0.388 e. The Balaban J connectivity index is 1.59. The highest BCUT2D eigenvalue weighted by Gasteiger charge is 2.14. The van der Waals surface area contributed by atoms with Gasteiger partial charge in [-0.1, -0.05) is 24.3 Å². The van der Waals surface area contributed by atoms with Gasteiger partial charge in [0.1, 0.15) is 6.61 Å². The predicted molar refractivity (Wildman–Crippen MR) is 118 cm³/mol. The Morgan fingerprint density at radius 1 is 1.07 bits per heavy atom. The summed E-state index contributed by atoms with van der Waals surface area (Å²) in [6.45, 7) is 4.57. The molecule has 0 unspecified atom stereocenters. The van der Waals surface area contributed by atoms with Crippen LogP contribution in [-0.2, 0) is 11.3 Å². The van der Waals surface area contributed by atoms with E-state index in [9.17, 15) is 9.59 Å². The summed E-state index contributed by atoms with van der Waals surface area (Å²) in [5.41, 5.74) is 3.22. The molecule has 156 valence electrons. The lowest BCUT2D eigenvalue weighted by Crippen LogP contribution is -2.43. The Morgan fingerprint density at radius 3 is 2.57 bits per heavy atom. The topological polar surface area (TPSA) is 73.7 Å². The van der Waals surface area contributed by atoms with Crippen LogP contribution >= 0.6 is 0 Å². The molecule has 6 nitrogen and oxygen atoms in total. The number of likely N-dealkylation sites (N-methyl/N-ethyl adjacent to an activating group) is 1. The third-order valence-electron chi connectivity index (χ3n) is 5.05. The molecule has 1 fully saturated rings. The van der Waals surface area contributed by atoms with Crippen molar-refractivity contribution < 1.29 is 14.7 Å². The molecule has 1 N–H and O–H groups in total. The highest BCUT2D eigenvalue weighted by Crippen LogP contribution is 2.12. The van der Waals surface area contributed by atoms with Crippen LogP contribution in [0.2, 0.25) is 0 Å². The fourth-order valence-electron chi connectivity index (χ4n) is 3.20. The summed E-state index contributed by atoms with van der Waals surface area (Å²) in [6.07, 6.45) is 7.75. The molecule has 30 heavy (non-hydrogen) atoms. The minimum absolute atomic E-state index is 0.0484. The van der Waals surface area contributed by atoms with Crippen molar-refractivity contribution in [1.82, 2.24) is 14.8 Å².